The fourth-order valence-corrected chi connectivity index (χ4v) is 3.48. The minimum absolute atomic E-state index is 0.175. The number of aromatic amines is 1. The molecule has 8 heteroatoms. The van der Waals surface area contributed by atoms with Gasteiger partial charge in [0.05, 0.1) is 11.9 Å². The lowest BCUT2D eigenvalue weighted by Gasteiger charge is -2.03. The van der Waals surface area contributed by atoms with Crippen LogP contribution < -0.4 is 5.56 Å². The van der Waals surface area contributed by atoms with Gasteiger partial charge in [0.2, 0.25) is 5.82 Å². The topological polar surface area (TPSA) is 100 Å². The van der Waals surface area contributed by atoms with E-state index in [4.69, 9.17) is 5.26 Å². The number of hydrogen-bond acceptors (Lipinski definition) is 6. The van der Waals surface area contributed by atoms with Gasteiger partial charge in [-0.1, -0.05) is 30.3 Å². The fourth-order valence-electron chi connectivity index (χ4n) is 2.52. The zero-order valence-corrected chi connectivity index (χ0v) is 13.1. The van der Waals surface area contributed by atoms with Gasteiger partial charge in [0.25, 0.3) is 5.56 Å². The van der Waals surface area contributed by atoms with Crippen LogP contribution >= 0.6 is 11.3 Å². The Morgan fingerprint density at radius 1 is 1.29 bits per heavy atom. The van der Waals surface area contributed by atoms with Crippen LogP contribution in [0.15, 0.2) is 46.8 Å². The van der Waals surface area contributed by atoms with Gasteiger partial charge in [0, 0.05) is 10.9 Å². The second-order valence-corrected chi connectivity index (χ2v) is 5.96. The molecule has 3 aromatic heterocycles. The molecule has 0 atom stereocenters. The first-order chi connectivity index (χ1) is 11.8. The van der Waals surface area contributed by atoms with E-state index in [1.807, 2.05) is 41.8 Å². The number of nitriles is 1. The molecule has 1 aromatic carbocycles. The van der Waals surface area contributed by atoms with Crippen molar-refractivity contribution < 1.29 is 0 Å². The Bertz CT molecular complexity index is 1120. The molecule has 0 fully saturated rings. The van der Waals surface area contributed by atoms with Gasteiger partial charge in [0.1, 0.15) is 23.1 Å². The molecule has 4 rings (SSSR count). The number of nitrogens with zero attached hydrogens (tertiary/aromatic N) is 5. The van der Waals surface area contributed by atoms with Crippen LogP contribution in [0.25, 0.3) is 21.3 Å². The molecule has 0 saturated heterocycles. The van der Waals surface area contributed by atoms with E-state index >= 15 is 0 Å². The zero-order chi connectivity index (χ0) is 16.5. The summed E-state index contributed by atoms with van der Waals surface area (Å²) in [5.74, 6) is 0.638. The minimum Gasteiger partial charge on any atom is -0.308 e. The van der Waals surface area contributed by atoms with Crippen molar-refractivity contribution in [3.8, 4) is 17.2 Å². The van der Waals surface area contributed by atoms with E-state index in [0.29, 0.717) is 16.0 Å². The Balaban J connectivity index is 1.80. The van der Waals surface area contributed by atoms with Crippen molar-refractivity contribution in [2.24, 2.45) is 0 Å². The lowest BCUT2D eigenvalue weighted by Crippen LogP contribution is -2.14. The lowest BCUT2D eigenvalue weighted by atomic mass is 10.1. The first-order valence-electron chi connectivity index (χ1n) is 7.10. The Hall–Kier alpha value is -3.31. The molecule has 0 unspecified atom stereocenters. The summed E-state index contributed by atoms with van der Waals surface area (Å²) in [5, 5.41) is 18.9. The van der Waals surface area contributed by atoms with Gasteiger partial charge >= 0.3 is 0 Å². The highest BCUT2D eigenvalue weighted by Crippen LogP contribution is 2.30. The number of nitrogens with one attached hydrogen (secondary N) is 1. The van der Waals surface area contributed by atoms with Gasteiger partial charge in [-0.3, -0.25) is 9.36 Å². The van der Waals surface area contributed by atoms with Gasteiger partial charge in [-0.25, -0.2) is 4.98 Å². The molecule has 3 heterocycles. The fraction of sp³-hybridized carbons (Fsp3) is 0.0625. The highest BCUT2D eigenvalue weighted by atomic mass is 32.1. The van der Waals surface area contributed by atoms with Crippen LogP contribution in [0.5, 0.6) is 0 Å². The maximum atomic E-state index is 12.5. The Morgan fingerprint density at radius 3 is 2.92 bits per heavy atom. The molecule has 4 aromatic rings. The lowest BCUT2D eigenvalue weighted by molar-refractivity contribution is 0.733. The first-order valence-corrected chi connectivity index (χ1v) is 7.98. The average Bonchev–Trinajstić information content (AvgIpc) is 3.22. The van der Waals surface area contributed by atoms with Crippen LogP contribution in [0.4, 0.5) is 0 Å². The molecule has 7 nitrogen and oxygen atoms in total. The van der Waals surface area contributed by atoms with Crippen molar-refractivity contribution in [1.82, 2.24) is 24.7 Å². The van der Waals surface area contributed by atoms with Crippen LogP contribution in [0.2, 0.25) is 0 Å². The quantitative estimate of drug-likeness (QED) is 0.619. The molecular weight excluding hydrogens is 324 g/mol. The van der Waals surface area contributed by atoms with E-state index < -0.39 is 0 Å². The molecule has 0 aliphatic rings. The molecule has 24 heavy (non-hydrogen) atoms. The largest absolute Gasteiger partial charge is 0.308 e. The van der Waals surface area contributed by atoms with Crippen molar-refractivity contribution in [1.29, 1.82) is 5.26 Å². The van der Waals surface area contributed by atoms with Crippen molar-refractivity contribution in [2.75, 3.05) is 0 Å². The minimum atomic E-state index is -0.193. The van der Waals surface area contributed by atoms with Crippen molar-refractivity contribution in [3.05, 3.63) is 64.0 Å². The molecule has 1 N–H and O–H groups in total. The summed E-state index contributed by atoms with van der Waals surface area (Å²) in [4.78, 5) is 20.5. The number of hydrogen-bond donors (Lipinski definition) is 1. The van der Waals surface area contributed by atoms with Crippen molar-refractivity contribution in [2.45, 2.75) is 6.54 Å². The van der Waals surface area contributed by atoms with E-state index in [9.17, 15) is 4.79 Å². The molecule has 0 bridgehead atoms. The summed E-state index contributed by atoms with van der Waals surface area (Å²) in [7, 11) is 0. The predicted octanol–water partition coefficient (Wildman–Crippen LogP) is 2.16. The van der Waals surface area contributed by atoms with Crippen LogP contribution in [-0.4, -0.2) is 24.7 Å². The standard InChI is InChI=1S/C16H10N6OS/c17-6-13-21-18-9-22(13)7-12-19-15(23)14-11(8-24-16(14)20-12)10-4-2-1-3-5-10/h1-5,8-9H,7H2,(H,19,20,23). The van der Waals surface area contributed by atoms with Crippen LogP contribution in [0.1, 0.15) is 11.6 Å². The third kappa shape index (κ3) is 2.37. The van der Waals surface area contributed by atoms with Crippen molar-refractivity contribution in [3.63, 3.8) is 0 Å². The van der Waals surface area contributed by atoms with E-state index in [1.54, 1.807) is 0 Å². The molecule has 0 saturated carbocycles. The van der Waals surface area contributed by atoms with Crippen LogP contribution in [0, 0.1) is 11.3 Å². The maximum absolute atomic E-state index is 12.5. The third-order valence-electron chi connectivity index (χ3n) is 3.61. The molecule has 0 radical (unpaired) electrons. The second kappa shape index (κ2) is 5.72. The summed E-state index contributed by atoms with van der Waals surface area (Å²) in [6, 6.07) is 11.7. The Morgan fingerprint density at radius 2 is 2.12 bits per heavy atom. The Kier molecular flexibility index (Phi) is 3.40. The molecular formula is C16H10N6OS. The predicted molar refractivity (Wildman–Crippen MR) is 89.5 cm³/mol. The number of thiophene rings is 1. The number of aromatic nitrogens is 5. The average molecular weight is 334 g/mol. The number of fused-ring (bicyclic) bond motifs is 1. The number of H-pyrrole nitrogens is 1. The SMILES string of the molecule is N#Cc1nncn1Cc1nc2scc(-c3ccccc3)c2c(=O)[nH]1. The summed E-state index contributed by atoms with van der Waals surface area (Å²) in [6.07, 6.45) is 1.44. The van der Waals surface area contributed by atoms with E-state index in [-0.39, 0.29) is 17.9 Å². The Labute approximate surface area is 139 Å². The summed E-state index contributed by atoms with van der Waals surface area (Å²) in [6.45, 7) is 0.236. The van der Waals surface area contributed by atoms with Gasteiger partial charge < -0.3 is 4.98 Å². The van der Waals surface area contributed by atoms with Gasteiger partial charge in [-0.2, -0.15) is 5.26 Å². The number of benzene rings is 1. The van der Waals surface area contributed by atoms with Crippen LogP contribution in [-0.2, 0) is 6.54 Å². The summed E-state index contributed by atoms with van der Waals surface area (Å²) >= 11 is 1.42. The maximum Gasteiger partial charge on any atom is 0.260 e. The van der Waals surface area contributed by atoms with Crippen molar-refractivity contribution >= 4 is 21.6 Å². The third-order valence-corrected chi connectivity index (χ3v) is 4.49. The highest BCUT2D eigenvalue weighted by molar-refractivity contribution is 7.17. The summed E-state index contributed by atoms with van der Waals surface area (Å²) < 4.78 is 1.54. The second-order valence-electron chi connectivity index (χ2n) is 5.10. The molecule has 116 valence electrons. The van der Waals surface area contributed by atoms with Gasteiger partial charge in [-0.15, -0.1) is 21.5 Å². The van der Waals surface area contributed by atoms with E-state index in [0.717, 1.165) is 11.1 Å². The molecule has 0 aliphatic heterocycles. The molecule has 0 amide bonds. The summed E-state index contributed by atoms with van der Waals surface area (Å²) in [5.41, 5.74) is 1.66. The normalized spacial score (nSPS) is 10.8. The first kappa shape index (κ1) is 14.3. The van der Waals surface area contributed by atoms with Crippen LogP contribution in [0.3, 0.4) is 0 Å². The van der Waals surface area contributed by atoms with Gasteiger partial charge in [-0.05, 0) is 5.56 Å². The smallest absolute Gasteiger partial charge is 0.260 e. The highest BCUT2D eigenvalue weighted by Gasteiger charge is 2.13. The molecule has 0 aliphatic carbocycles. The van der Waals surface area contributed by atoms with E-state index in [2.05, 4.69) is 20.2 Å². The van der Waals surface area contributed by atoms with Gasteiger partial charge in [0.15, 0.2) is 0 Å². The number of rotatable bonds is 3. The monoisotopic (exact) mass is 334 g/mol. The molecule has 0 spiro atoms. The zero-order valence-electron chi connectivity index (χ0n) is 12.3. The van der Waals surface area contributed by atoms with E-state index in [1.165, 1.54) is 22.2 Å².